The number of nitrogens with one attached hydrogen (secondary N) is 1. The van der Waals surface area contributed by atoms with Crippen molar-refractivity contribution in [1.29, 1.82) is 0 Å². The summed E-state index contributed by atoms with van der Waals surface area (Å²) in [6.45, 7) is 6.89. The van der Waals surface area contributed by atoms with Crippen molar-refractivity contribution in [2.75, 3.05) is 0 Å². The van der Waals surface area contributed by atoms with Crippen LogP contribution in [0.1, 0.15) is 68.9 Å². The molecule has 1 aliphatic rings. The molecule has 0 bridgehead atoms. The van der Waals surface area contributed by atoms with Crippen LogP contribution in [-0.2, 0) is 0 Å². The van der Waals surface area contributed by atoms with Gasteiger partial charge in [-0.2, -0.15) is 0 Å². The molecule has 0 spiro atoms. The van der Waals surface area contributed by atoms with Crippen molar-refractivity contribution in [2.45, 2.75) is 71.4 Å². The summed E-state index contributed by atoms with van der Waals surface area (Å²) in [7, 11) is 0. The van der Waals surface area contributed by atoms with Gasteiger partial charge in [0.2, 0.25) is 0 Å². The Labute approximate surface area is 116 Å². The minimum atomic E-state index is 0.511. The second-order valence-electron chi connectivity index (χ2n) is 5.77. The second-order valence-corrected chi connectivity index (χ2v) is 6.72. The average molecular weight is 265 g/mol. The van der Waals surface area contributed by atoms with Gasteiger partial charge in [0.05, 0.1) is 0 Å². The average Bonchev–Trinajstić information content (AvgIpc) is 2.83. The SMILES string of the molecule is CCC(NC(C)c1sccc1C)C1CCCCC1. The molecule has 1 heterocycles. The highest BCUT2D eigenvalue weighted by Gasteiger charge is 2.24. The lowest BCUT2D eigenvalue weighted by Crippen LogP contribution is -2.38. The zero-order valence-electron chi connectivity index (χ0n) is 12.0. The third-order valence-electron chi connectivity index (χ3n) is 4.42. The Morgan fingerprint density at radius 3 is 2.61 bits per heavy atom. The number of aryl methyl sites for hydroxylation is 1. The molecule has 1 saturated carbocycles. The van der Waals surface area contributed by atoms with Gasteiger partial charge in [-0.3, -0.25) is 0 Å². The third-order valence-corrected chi connectivity index (χ3v) is 5.62. The molecule has 0 saturated heterocycles. The standard InChI is InChI=1S/C16H27NS/c1-4-15(14-8-6-5-7-9-14)17-13(3)16-12(2)10-11-18-16/h10-11,13-15,17H,4-9H2,1-3H3. The van der Waals surface area contributed by atoms with Gasteiger partial charge in [-0.05, 0) is 56.0 Å². The molecule has 0 amide bonds. The van der Waals surface area contributed by atoms with Crippen LogP contribution in [0.15, 0.2) is 11.4 Å². The van der Waals surface area contributed by atoms with Crippen molar-refractivity contribution in [3.8, 4) is 0 Å². The maximum Gasteiger partial charge on any atom is 0.0391 e. The number of hydrogen-bond donors (Lipinski definition) is 1. The molecule has 18 heavy (non-hydrogen) atoms. The first kappa shape index (κ1) is 14.1. The third kappa shape index (κ3) is 3.36. The van der Waals surface area contributed by atoms with Crippen molar-refractivity contribution in [3.05, 3.63) is 21.9 Å². The van der Waals surface area contributed by atoms with Crippen LogP contribution in [0.5, 0.6) is 0 Å². The summed E-state index contributed by atoms with van der Waals surface area (Å²) < 4.78 is 0. The summed E-state index contributed by atoms with van der Waals surface area (Å²) in [5, 5.41) is 6.10. The minimum absolute atomic E-state index is 0.511. The molecule has 1 aliphatic carbocycles. The fourth-order valence-corrected chi connectivity index (χ4v) is 4.29. The van der Waals surface area contributed by atoms with Gasteiger partial charge in [-0.25, -0.2) is 0 Å². The molecule has 1 nitrogen and oxygen atoms in total. The van der Waals surface area contributed by atoms with Crippen molar-refractivity contribution in [3.63, 3.8) is 0 Å². The highest BCUT2D eigenvalue weighted by Crippen LogP contribution is 2.30. The summed E-state index contributed by atoms with van der Waals surface area (Å²) in [6, 6.07) is 3.46. The maximum absolute atomic E-state index is 3.89. The van der Waals surface area contributed by atoms with Gasteiger partial charge in [-0.15, -0.1) is 11.3 Å². The molecule has 2 heteroatoms. The zero-order chi connectivity index (χ0) is 13.0. The van der Waals surface area contributed by atoms with E-state index in [1.165, 1.54) is 49.0 Å². The van der Waals surface area contributed by atoms with Gasteiger partial charge in [0.25, 0.3) is 0 Å². The topological polar surface area (TPSA) is 12.0 Å². The lowest BCUT2D eigenvalue weighted by atomic mass is 9.82. The van der Waals surface area contributed by atoms with E-state index in [2.05, 4.69) is 37.5 Å². The highest BCUT2D eigenvalue weighted by molar-refractivity contribution is 7.10. The fourth-order valence-electron chi connectivity index (χ4n) is 3.35. The first-order chi connectivity index (χ1) is 8.72. The monoisotopic (exact) mass is 265 g/mol. The van der Waals surface area contributed by atoms with Crippen molar-refractivity contribution < 1.29 is 0 Å². The molecule has 1 fully saturated rings. The molecule has 1 aromatic heterocycles. The lowest BCUT2D eigenvalue weighted by molar-refractivity contribution is 0.250. The van der Waals surface area contributed by atoms with E-state index in [-0.39, 0.29) is 0 Å². The van der Waals surface area contributed by atoms with Gasteiger partial charge < -0.3 is 5.32 Å². The molecular weight excluding hydrogens is 238 g/mol. The quantitative estimate of drug-likeness (QED) is 0.784. The Bertz CT molecular complexity index is 352. The van der Waals surface area contributed by atoms with E-state index in [0.717, 1.165) is 5.92 Å². The number of rotatable bonds is 5. The summed E-state index contributed by atoms with van der Waals surface area (Å²) >= 11 is 1.89. The van der Waals surface area contributed by atoms with Crippen LogP contribution in [0.3, 0.4) is 0 Å². The minimum Gasteiger partial charge on any atom is -0.306 e. The number of hydrogen-bond acceptors (Lipinski definition) is 2. The van der Waals surface area contributed by atoms with Crippen LogP contribution >= 0.6 is 11.3 Å². The van der Waals surface area contributed by atoms with Crippen LogP contribution < -0.4 is 5.32 Å². The molecule has 0 radical (unpaired) electrons. The van der Waals surface area contributed by atoms with Crippen LogP contribution in [-0.4, -0.2) is 6.04 Å². The second kappa shape index (κ2) is 6.72. The Balaban J connectivity index is 1.95. The first-order valence-electron chi connectivity index (χ1n) is 7.52. The predicted octanol–water partition coefficient (Wildman–Crippen LogP) is 5.07. The Morgan fingerprint density at radius 1 is 1.33 bits per heavy atom. The van der Waals surface area contributed by atoms with E-state index in [4.69, 9.17) is 0 Å². The normalized spacial score (nSPS) is 20.8. The van der Waals surface area contributed by atoms with Crippen molar-refractivity contribution in [2.24, 2.45) is 5.92 Å². The van der Waals surface area contributed by atoms with E-state index in [1.54, 1.807) is 0 Å². The predicted molar refractivity (Wildman–Crippen MR) is 81.3 cm³/mol. The summed E-state index contributed by atoms with van der Waals surface area (Å²) in [5.74, 6) is 0.909. The van der Waals surface area contributed by atoms with Crippen molar-refractivity contribution >= 4 is 11.3 Å². The maximum atomic E-state index is 3.89. The molecule has 102 valence electrons. The molecule has 1 aromatic rings. The largest absolute Gasteiger partial charge is 0.306 e. The summed E-state index contributed by atoms with van der Waals surface area (Å²) in [6.07, 6.45) is 8.46. The van der Waals surface area contributed by atoms with E-state index in [1.807, 2.05) is 11.3 Å². The van der Waals surface area contributed by atoms with E-state index in [9.17, 15) is 0 Å². The number of thiophene rings is 1. The van der Waals surface area contributed by atoms with Gasteiger partial charge in [-0.1, -0.05) is 26.2 Å². The lowest BCUT2D eigenvalue weighted by Gasteiger charge is -2.32. The molecule has 0 aliphatic heterocycles. The van der Waals surface area contributed by atoms with Crippen LogP contribution in [0.2, 0.25) is 0 Å². The van der Waals surface area contributed by atoms with Crippen molar-refractivity contribution in [1.82, 2.24) is 5.32 Å². The summed E-state index contributed by atoms with van der Waals surface area (Å²) in [4.78, 5) is 1.52. The van der Waals surface area contributed by atoms with Gasteiger partial charge in [0, 0.05) is 17.0 Å². The first-order valence-corrected chi connectivity index (χ1v) is 8.40. The summed E-state index contributed by atoms with van der Waals surface area (Å²) in [5.41, 5.74) is 1.44. The van der Waals surface area contributed by atoms with Crippen LogP contribution in [0, 0.1) is 12.8 Å². The fraction of sp³-hybridized carbons (Fsp3) is 0.750. The smallest absolute Gasteiger partial charge is 0.0391 e. The molecule has 0 aromatic carbocycles. The molecular formula is C16H27NS. The van der Waals surface area contributed by atoms with Gasteiger partial charge in [0.1, 0.15) is 0 Å². The van der Waals surface area contributed by atoms with E-state index in [0.29, 0.717) is 12.1 Å². The van der Waals surface area contributed by atoms with E-state index >= 15 is 0 Å². The molecule has 2 unspecified atom stereocenters. The van der Waals surface area contributed by atoms with Gasteiger partial charge in [0.15, 0.2) is 0 Å². The van der Waals surface area contributed by atoms with E-state index < -0.39 is 0 Å². The van der Waals surface area contributed by atoms with Crippen LogP contribution in [0.4, 0.5) is 0 Å². The molecule has 1 N–H and O–H groups in total. The highest BCUT2D eigenvalue weighted by atomic mass is 32.1. The molecule has 2 atom stereocenters. The van der Waals surface area contributed by atoms with Gasteiger partial charge >= 0.3 is 0 Å². The Kier molecular flexibility index (Phi) is 5.25. The molecule has 2 rings (SSSR count). The Hall–Kier alpha value is -0.340. The van der Waals surface area contributed by atoms with Crippen LogP contribution in [0.25, 0.3) is 0 Å². The zero-order valence-corrected chi connectivity index (χ0v) is 12.9. The Morgan fingerprint density at radius 2 is 2.06 bits per heavy atom.